The third-order valence-electron chi connectivity index (χ3n) is 10.5. The monoisotopic (exact) mass is 630 g/mol. The van der Waals surface area contributed by atoms with E-state index in [4.69, 9.17) is 5.41 Å². The van der Waals surface area contributed by atoms with Gasteiger partial charge >= 0.3 is 5.97 Å². The number of fused-ring (bicyclic) bond motifs is 3. The molecule has 1 amide bonds. The Balaban J connectivity index is 1.46. The third-order valence-corrected chi connectivity index (χ3v) is 10.5. The fraction of sp³-hybridized carbons (Fsp3) is 0.595. The zero-order valence-corrected chi connectivity index (χ0v) is 27.4. The first-order valence-corrected chi connectivity index (χ1v) is 17.6. The van der Waals surface area contributed by atoms with Crippen molar-refractivity contribution in [2.75, 3.05) is 0 Å². The Bertz CT molecular complexity index is 1660. The lowest BCUT2D eigenvalue weighted by atomic mass is 9.82. The second kappa shape index (κ2) is 15.2. The average Bonchev–Trinajstić information content (AvgIpc) is 3.25. The quantitative estimate of drug-likeness (QED) is 0.0772. The summed E-state index contributed by atoms with van der Waals surface area (Å²) < 4.78 is 0. The highest BCUT2D eigenvalue weighted by molar-refractivity contribution is 6.27. The van der Waals surface area contributed by atoms with Crippen LogP contribution in [0.1, 0.15) is 143 Å². The lowest BCUT2D eigenvalue weighted by Gasteiger charge is -2.30. The second-order valence-electron chi connectivity index (χ2n) is 13.8. The predicted octanol–water partition coefficient (Wildman–Crippen LogP) is 7.10. The van der Waals surface area contributed by atoms with Crippen LogP contribution >= 0.6 is 0 Å². The number of amidine groups is 1. The number of rotatable bonds is 13. The lowest BCUT2D eigenvalue weighted by molar-refractivity contribution is 0.0696. The van der Waals surface area contributed by atoms with Crippen molar-refractivity contribution in [3.63, 3.8) is 0 Å². The molecule has 2 fully saturated rings. The van der Waals surface area contributed by atoms with Crippen molar-refractivity contribution in [1.82, 2.24) is 15.6 Å². The minimum Gasteiger partial charge on any atom is -0.478 e. The molecule has 5 N–H and O–H groups in total. The molecule has 2 saturated carbocycles. The minimum absolute atomic E-state index is 0.00101. The summed E-state index contributed by atoms with van der Waals surface area (Å²) in [6.45, 7) is 4.41. The summed E-state index contributed by atoms with van der Waals surface area (Å²) in [5.41, 5.74) is -1.47. The van der Waals surface area contributed by atoms with Crippen molar-refractivity contribution in [3.8, 4) is 0 Å². The second-order valence-corrected chi connectivity index (χ2v) is 13.8. The van der Waals surface area contributed by atoms with Crippen LogP contribution in [0.5, 0.6) is 0 Å². The molecule has 9 nitrogen and oxygen atoms in total. The molecule has 4 aromatic rings. The van der Waals surface area contributed by atoms with Crippen LogP contribution in [0.15, 0.2) is 27.8 Å². The molecule has 6 rings (SSSR count). The maximum Gasteiger partial charge on any atom is 0.336 e. The minimum atomic E-state index is -1.30. The molecule has 0 unspecified atom stereocenters. The standard InChI is InChI=1S/C37H50N4O5/c1-3-5-7-9-22-11-15-24(16-12-22)39-33(38)32-29(37(45)46)21-28(30-26-19-20-27(31(30)32)35(43)41-34(26)42)36(44)40-25-17-13-23(14-18-25)10-8-6-4-2/h19-25H,3-18H2,1-2H3,(H2,38,39)(H,40,44)(H,45,46)(H,41,42,43)/t22-,23-,24-,25-. The normalized spacial score (nSPS) is 21.8. The number of nitrogens with one attached hydrogen (secondary N) is 4. The predicted molar refractivity (Wildman–Crippen MR) is 184 cm³/mol. The maximum atomic E-state index is 13.9. The van der Waals surface area contributed by atoms with Crippen molar-refractivity contribution < 1.29 is 14.7 Å². The molecule has 2 aromatic carbocycles. The van der Waals surface area contributed by atoms with Crippen molar-refractivity contribution in [2.24, 2.45) is 11.8 Å². The van der Waals surface area contributed by atoms with E-state index in [9.17, 15) is 24.3 Å². The van der Waals surface area contributed by atoms with Gasteiger partial charge in [0.15, 0.2) is 0 Å². The van der Waals surface area contributed by atoms with E-state index in [1.165, 1.54) is 69.6 Å². The Morgan fingerprint density at radius 2 is 1.26 bits per heavy atom. The summed E-state index contributed by atoms with van der Waals surface area (Å²) in [6.07, 6.45) is 17.3. The van der Waals surface area contributed by atoms with Crippen molar-refractivity contribution in [2.45, 2.75) is 129 Å². The third kappa shape index (κ3) is 7.45. The van der Waals surface area contributed by atoms with Gasteiger partial charge < -0.3 is 15.7 Å². The molecule has 2 aliphatic rings. The van der Waals surface area contributed by atoms with E-state index in [0.29, 0.717) is 11.8 Å². The zero-order valence-electron chi connectivity index (χ0n) is 27.4. The molecule has 2 aliphatic carbocycles. The maximum absolute atomic E-state index is 13.9. The van der Waals surface area contributed by atoms with Crippen molar-refractivity contribution in [3.05, 3.63) is 55.6 Å². The van der Waals surface area contributed by atoms with Crippen LogP contribution < -0.4 is 21.8 Å². The summed E-state index contributed by atoms with van der Waals surface area (Å²) in [5.74, 6) is -0.542. The molecule has 0 saturated heterocycles. The molecular formula is C37H50N4O5. The number of carbonyl (C=O) groups excluding carboxylic acids is 1. The number of H-pyrrole nitrogens is 1. The Hall–Kier alpha value is -3.75. The molecule has 0 atom stereocenters. The molecule has 2 aromatic heterocycles. The van der Waals surface area contributed by atoms with Crippen molar-refractivity contribution >= 4 is 39.3 Å². The van der Waals surface area contributed by atoms with Crippen LogP contribution in [0, 0.1) is 17.2 Å². The van der Waals surface area contributed by atoms with Gasteiger partial charge in [-0.3, -0.25) is 24.8 Å². The van der Waals surface area contributed by atoms with Crippen molar-refractivity contribution in [1.29, 1.82) is 5.41 Å². The molecule has 248 valence electrons. The van der Waals surface area contributed by atoms with Gasteiger partial charge in [0.2, 0.25) is 0 Å². The van der Waals surface area contributed by atoms with E-state index in [2.05, 4.69) is 29.5 Å². The zero-order chi connectivity index (χ0) is 32.8. The molecule has 0 spiro atoms. The van der Waals surface area contributed by atoms with Crippen LogP contribution in [0.3, 0.4) is 0 Å². The Kier molecular flexibility index (Phi) is 11.1. The highest BCUT2D eigenvalue weighted by Gasteiger charge is 2.30. The van der Waals surface area contributed by atoms with E-state index in [-0.39, 0.29) is 56.2 Å². The van der Waals surface area contributed by atoms with Gasteiger partial charge in [0, 0.05) is 44.8 Å². The fourth-order valence-corrected chi connectivity index (χ4v) is 7.89. The number of carboxylic acid groups (broad SMARTS) is 1. The smallest absolute Gasteiger partial charge is 0.336 e. The topological polar surface area (TPSA) is 152 Å². The van der Waals surface area contributed by atoms with Gasteiger partial charge in [-0.25, -0.2) is 4.79 Å². The van der Waals surface area contributed by atoms with Gasteiger partial charge in [-0.05, 0) is 81.4 Å². The van der Waals surface area contributed by atoms with Gasteiger partial charge in [0.1, 0.15) is 5.84 Å². The van der Waals surface area contributed by atoms with Gasteiger partial charge in [0.05, 0.1) is 5.56 Å². The number of aromatic nitrogens is 1. The highest BCUT2D eigenvalue weighted by Crippen LogP contribution is 2.34. The summed E-state index contributed by atoms with van der Waals surface area (Å²) >= 11 is 0. The van der Waals surface area contributed by atoms with Crippen LogP contribution in [-0.4, -0.2) is 39.9 Å². The number of carbonyl (C=O) groups is 2. The summed E-state index contributed by atoms with van der Waals surface area (Å²) in [7, 11) is 0. The van der Waals surface area contributed by atoms with E-state index < -0.39 is 23.0 Å². The SMILES string of the molecule is CCCCC[C@H]1CC[C@H](NC(=N)c2c(C(=O)O)cc(C(=O)N[C@H]3CC[C@H](CCCCC)CC3)c3c4ccc(c(=O)[nH]c4=O)c23)CC1. The first-order chi connectivity index (χ1) is 22.2. The fourth-order valence-electron chi connectivity index (χ4n) is 7.89. The van der Waals surface area contributed by atoms with E-state index in [1.807, 2.05) is 0 Å². The molecular weight excluding hydrogens is 580 g/mol. The van der Waals surface area contributed by atoms with Gasteiger partial charge in [0.25, 0.3) is 17.0 Å². The van der Waals surface area contributed by atoms with Crippen LogP contribution in [0.2, 0.25) is 0 Å². The Morgan fingerprint density at radius 1 is 0.761 bits per heavy atom. The first kappa shape index (κ1) is 33.6. The lowest BCUT2D eigenvalue weighted by Crippen LogP contribution is -2.39. The summed E-state index contributed by atoms with van der Waals surface area (Å²) in [5, 5.41) is 26.5. The van der Waals surface area contributed by atoms with Gasteiger partial charge in [-0.2, -0.15) is 0 Å². The van der Waals surface area contributed by atoms with Gasteiger partial charge in [-0.15, -0.1) is 0 Å². The number of hydrogen-bond acceptors (Lipinski definition) is 5. The number of benzene rings is 2. The van der Waals surface area contributed by atoms with E-state index >= 15 is 0 Å². The number of carboxylic acids is 1. The number of aromatic carboxylic acids is 1. The first-order valence-electron chi connectivity index (χ1n) is 17.6. The molecule has 46 heavy (non-hydrogen) atoms. The molecule has 2 bridgehead atoms. The van der Waals surface area contributed by atoms with Crippen LogP contribution in [0.25, 0.3) is 21.5 Å². The number of amides is 1. The van der Waals surface area contributed by atoms with Crippen LogP contribution in [0.4, 0.5) is 0 Å². The molecule has 9 heteroatoms. The molecule has 0 aliphatic heterocycles. The Labute approximate surface area is 270 Å². The largest absolute Gasteiger partial charge is 0.478 e. The van der Waals surface area contributed by atoms with E-state index in [0.717, 1.165) is 51.4 Å². The van der Waals surface area contributed by atoms with E-state index in [1.54, 1.807) is 0 Å². The number of unbranched alkanes of at least 4 members (excludes halogenated alkanes) is 4. The number of hydrogen-bond donors (Lipinski definition) is 5. The summed E-state index contributed by atoms with van der Waals surface area (Å²) in [4.78, 5) is 55.4. The average molecular weight is 631 g/mol. The van der Waals surface area contributed by atoms with Gasteiger partial charge in [-0.1, -0.05) is 65.2 Å². The Morgan fingerprint density at radius 3 is 1.76 bits per heavy atom. The molecule has 0 radical (unpaired) electrons. The highest BCUT2D eigenvalue weighted by atomic mass is 16.4. The van der Waals surface area contributed by atoms with Crippen LogP contribution in [-0.2, 0) is 0 Å². The number of aromatic amines is 1. The summed E-state index contributed by atoms with van der Waals surface area (Å²) in [6, 6.07) is 4.24. The molecule has 2 heterocycles.